The normalized spacial score (nSPS) is 15.6. The number of hydrogen-bond donors (Lipinski definition) is 1. The van der Waals surface area contributed by atoms with Crippen LogP contribution in [-0.2, 0) is 17.9 Å². The maximum Gasteiger partial charge on any atom is 0.102 e. The SMILES string of the molecule is COCc1cccc(CN2CCC(=NC(c3ccccc3)c3ccccc3N)CC2)c1. The minimum absolute atomic E-state index is 0.0466. The van der Waals surface area contributed by atoms with E-state index in [1.54, 1.807) is 7.11 Å². The highest BCUT2D eigenvalue weighted by Crippen LogP contribution is 2.31. The van der Waals surface area contributed by atoms with E-state index in [1.807, 2.05) is 24.3 Å². The molecule has 1 unspecified atom stereocenters. The fourth-order valence-electron chi connectivity index (χ4n) is 4.24. The second-order valence-corrected chi connectivity index (χ2v) is 8.17. The predicted molar refractivity (Wildman–Crippen MR) is 128 cm³/mol. The van der Waals surface area contributed by atoms with E-state index in [4.69, 9.17) is 15.5 Å². The largest absolute Gasteiger partial charge is 0.398 e. The van der Waals surface area contributed by atoms with Crippen LogP contribution >= 0.6 is 0 Å². The number of rotatable bonds is 7. The molecule has 160 valence electrons. The summed E-state index contributed by atoms with van der Waals surface area (Å²) >= 11 is 0. The Kier molecular flexibility index (Phi) is 7.13. The second kappa shape index (κ2) is 10.4. The van der Waals surface area contributed by atoms with Gasteiger partial charge < -0.3 is 10.5 Å². The number of ether oxygens (including phenoxy) is 1. The summed E-state index contributed by atoms with van der Waals surface area (Å²) in [5.74, 6) is 0. The molecule has 3 aromatic rings. The van der Waals surface area contributed by atoms with Crippen LogP contribution in [0.2, 0.25) is 0 Å². The van der Waals surface area contributed by atoms with Crippen LogP contribution in [-0.4, -0.2) is 30.8 Å². The first-order chi connectivity index (χ1) is 15.2. The Morgan fingerprint density at radius 1 is 0.903 bits per heavy atom. The summed E-state index contributed by atoms with van der Waals surface area (Å²) in [5.41, 5.74) is 13.2. The van der Waals surface area contributed by atoms with E-state index in [0.717, 1.165) is 43.7 Å². The second-order valence-electron chi connectivity index (χ2n) is 8.17. The van der Waals surface area contributed by atoms with Crippen LogP contribution < -0.4 is 5.73 Å². The minimum atomic E-state index is -0.0466. The number of benzene rings is 3. The third-order valence-corrected chi connectivity index (χ3v) is 5.86. The van der Waals surface area contributed by atoms with Crippen molar-refractivity contribution < 1.29 is 4.74 Å². The third-order valence-electron chi connectivity index (χ3n) is 5.86. The number of hydrogen-bond acceptors (Lipinski definition) is 4. The summed E-state index contributed by atoms with van der Waals surface area (Å²) in [5, 5.41) is 0. The number of likely N-dealkylation sites (tertiary alicyclic amines) is 1. The van der Waals surface area contributed by atoms with Crippen molar-refractivity contribution in [2.45, 2.75) is 32.0 Å². The Bertz CT molecular complexity index is 1010. The fourth-order valence-corrected chi connectivity index (χ4v) is 4.24. The van der Waals surface area contributed by atoms with Crippen LogP contribution in [0.25, 0.3) is 0 Å². The van der Waals surface area contributed by atoms with Gasteiger partial charge in [-0.3, -0.25) is 9.89 Å². The first kappa shape index (κ1) is 21.3. The van der Waals surface area contributed by atoms with Crippen molar-refractivity contribution in [3.8, 4) is 0 Å². The summed E-state index contributed by atoms with van der Waals surface area (Å²) in [7, 11) is 1.74. The zero-order valence-electron chi connectivity index (χ0n) is 18.2. The van der Waals surface area contributed by atoms with Gasteiger partial charge in [0.05, 0.1) is 6.61 Å². The first-order valence-electron chi connectivity index (χ1n) is 11.0. The van der Waals surface area contributed by atoms with Gasteiger partial charge in [0, 0.05) is 43.7 Å². The lowest BCUT2D eigenvalue weighted by Crippen LogP contribution is -2.33. The predicted octanol–water partition coefficient (Wildman–Crippen LogP) is 5.24. The molecule has 2 N–H and O–H groups in total. The zero-order valence-corrected chi connectivity index (χ0v) is 18.2. The van der Waals surface area contributed by atoms with Crippen LogP contribution in [0.15, 0.2) is 83.9 Å². The molecule has 1 aliphatic rings. The molecule has 0 radical (unpaired) electrons. The number of methoxy groups -OCH3 is 1. The fraction of sp³-hybridized carbons (Fsp3) is 0.296. The summed E-state index contributed by atoms with van der Waals surface area (Å²) in [4.78, 5) is 7.72. The Balaban J connectivity index is 1.46. The van der Waals surface area contributed by atoms with Crippen molar-refractivity contribution in [2.24, 2.45) is 4.99 Å². The van der Waals surface area contributed by atoms with E-state index in [1.165, 1.54) is 22.4 Å². The van der Waals surface area contributed by atoms with Crippen molar-refractivity contribution in [1.29, 1.82) is 0 Å². The van der Waals surface area contributed by atoms with Crippen molar-refractivity contribution in [2.75, 3.05) is 25.9 Å². The molecule has 0 amide bonds. The lowest BCUT2D eigenvalue weighted by atomic mass is 9.97. The van der Waals surface area contributed by atoms with E-state index in [-0.39, 0.29) is 6.04 Å². The molecular formula is C27H31N3O. The van der Waals surface area contributed by atoms with Gasteiger partial charge in [0.1, 0.15) is 6.04 Å². The molecule has 1 atom stereocenters. The highest BCUT2D eigenvalue weighted by atomic mass is 16.5. The molecular weight excluding hydrogens is 382 g/mol. The van der Waals surface area contributed by atoms with E-state index in [9.17, 15) is 0 Å². The number of nitrogen functional groups attached to an aromatic ring is 1. The molecule has 1 aliphatic heterocycles. The van der Waals surface area contributed by atoms with E-state index in [2.05, 4.69) is 59.5 Å². The number of aliphatic imine (C=N–C) groups is 1. The molecule has 1 fully saturated rings. The zero-order chi connectivity index (χ0) is 21.5. The molecule has 1 heterocycles. The molecule has 0 saturated carbocycles. The van der Waals surface area contributed by atoms with Crippen molar-refractivity contribution in [3.63, 3.8) is 0 Å². The molecule has 4 nitrogen and oxygen atoms in total. The Hall–Kier alpha value is -2.95. The van der Waals surface area contributed by atoms with Crippen LogP contribution in [0.5, 0.6) is 0 Å². The molecule has 0 aliphatic carbocycles. The van der Waals surface area contributed by atoms with Gasteiger partial charge in [-0.2, -0.15) is 0 Å². The molecule has 1 saturated heterocycles. The monoisotopic (exact) mass is 413 g/mol. The average Bonchev–Trinajstić information content (AvgIpc) is 2.80. The van der Waals surface area contributed by atoms with Gasteiger partial charge in [0.25, 0.3) is 0 Å². The highest BCUT2D eigenvalue weighted by Gasteiger charge is 2.20. The summed E-state index contributed by atoms with van der Waals surface area (Å²) in [6.45, 7) is 3.69. The first-order valence-corrected chi connectivity index (χ1v) is 11.0. The Morgan fingerprint density at radius 3 is 2.35 bits per heavy atom. The quantitative estimate of drug-likeness (QED) is 0.539. The molecule has 4 rings (SSSR count). The molecule has 4 heteroatoms. The lowest BCUT2D eigenvalue weighted by Gasteiger charge is -2.29. The van der Waals surface area contributed by atoms with Crippen molar-refractivity contribution >= 4 is 11.4 Å². The molecule has 0 aromatic heterocycles. The van der Waals surface area contributed by atoms with Gasteiger partial charge >= 0.3 is 0 Å². The third kappa shape index (κ3) is 5.60. The molecule has 3 aromatic carbocycles. The van der Waals surface area contributed by atoms with E-state index >= 15 is 0 Å². The van der Waals surface area contributed by atoms with Crippen LogP contribution in [0.3, 0.4) is 0 Å². The van der Waals surface area contributed by atoms with Gasteiger partial charge in [-0.1, -0.05) is 72.8 Å². The number of anilines is 1. The van der Waals surface area contributed by atoms with Crippen molar-refractivity contribution in [3.05, 3.63) is 101 Å². The number of nitrogens with two attached hydrogens (primary N) is 1. The maximum absolute atomic E-state index is 6.32. The van der Waals surface area contributed by atoms with Crippen LogP contribution in [0.1, 0.15) is 41.1 Å². The van der Waals surface area contributed by atoms with E-state index in [0.29, 0.717) is 6.61 Å². The Labute approximate surface area is 185 Å². The topological polar surface area (TPSA) is 50.8 Å². The van der Waals surface area contributed by atoms with Gasteiger partial charge in [-0.15, -0.1) is 0 Å². The van der Waals surface area contributed by atoms with Gasteiger partial charge in [-0.25, -0.2) is 0 Å². The number of piperidine rings is 1. The van der Waals surface area contributed by atoms with Gasteiger partial charge in [0.15, 0.2) is 0 Å². The minimum Gasteiger partial charge on any atom is -0.398 e. The molecule has 0 spiro atoms. The Morgan fingerprint density at radius 2 is 1.61 bits per heavy atom. The molecule has 0 bridgehead atoms. The van der Waals surface area contributed by atoms with Gasteiger partial charge in [-0.05, 0) is 35.6 Å². The van der Waals surface area contributed by atoms with E-state index < -0.39 is 0 Å². The summed E-state index contributed by atoms with van der Waals surface area (Å²) in [6, 6.07) is 27.2. The lowest BCUT2D eigenvalue weighted by molar-refractivity contribution is 0.184. The van der Waals surface area contributed by atoms with Crippen LogP contribution in [0, 0.1) is 0 Å². The summed E-state index contributed by atoms with van der Waals surface area (Å²) in [6.07, 6.45) is 1.99. The number of para-hydroxylation sites is 1. The maximum atomic E-state index is 6.32. The van der Waals surface area contributed by atoms with Crippen LogP contribution in [0.4, 0.5) is 5.69 Å². The average molecular weight is 414 g/mol. The van der Waals surface area contributed by atoms with Gasteiger partial charge in [0.2, 0.25) is 0 Å². The van der Waals surface area contributed by atoms with Crippen molar-refractivity contribution in [1.82, 2.24) is 4.90 Å². The summed E-state index contributed by atoms with van der Waals surface area (Å²) < 4.78 is 5.27. The standard InChI is InChI=1S/C27H31N3O/c1-31-20-22-9-7-8-21(18-22)19-30-16-14-24(15-17-30)29-27(23-10-3-2-4-11-23)25-12-5-6-13-26(25)28/h2-13,18,27H,14-17,19-20,28H2,1H3. The highest BCUT2D eigenvalue weighted by molar-refractivity contribution is 5.86. The number of nitrogens with zero attached hydrogens (tertiary/aromatic N) is 2. The molecule has 31 heavy (non-hydrogen) atoms. The smallest absolute Gasteiger partial charge is 0.102 e.